The smallest absolute Gasteiger partial charge is 0.0741 e. The molecule has 2 nitrogen and oxygen atoms in total. The first-order valence-electron chi connectivity index (χ1n) is 7.46. The first-order chi connectivity index (χ1) is 9.04. The molecular formula is C17H29NO. The number of benzene rings is 1. The van der Waals surface area contributed by atoms with Gasteiger partial charge in [-0.1, -0.05) is 50.6 Å². The zero-order chi connectivity index (χ0) is 14.3. The first-order valence-corrected chi connectivity index (χ1v) is 7.46. The van der Waals surface area contributed by atoms with Crippen LogP contribution in [0.25, 0.3) is 0 Å². The maximum atomic E-state index is 5.98. The molecule has 0 fully saturated rings. The Bertz CT molecular complexity index is 345. The maximum absolute atomic E-state index is 5.98. The maximum Gasteiger partial charge on any atom is 0.0741 e. The second-order valence-corrected chi connectivity index (χ2v) is 5.77. The van der Waals surface area contributed by atoms with Crippen molar-refractivity contribution in [3.05, 3.63) is 35.4 Å². The summed E-state index contributed by atoms with van der Waals surface area (Å²) in [6.07, 6.45) is 1.33. The van der Waals surface area contributed by atoms with Crippen LogP contribution in [-0.2, 0) is 4.74 Å². The second kappa shape index (κ2) is 8.34. The molecule has 0 spiro atoms. The number of hydrogen-bond donors (Lipinski definition) is 1. The van der Waals surface area contributed by atoms with Crippen LogP contribution in [0, 0.1) is 12.8 Å². The van der Waals surface area contributed by atoms with Crippen LogP contribution in [0.3, 0.4) is 0 Å². The lowest BCUT2D eigenvalue weighted by Crippen LogP contribution is -2.33. The number of hydrogen-bond acceptors (Lipinski definition) is 2. The van der Waals surface area contributed by atoms with Gasteiger partial charge in [-0.15, -0.1) is 0 Å². The highest BCUT2D eigenvalue weighted by Crippen LogP contribution is 2.20. The van der Waals surface area contributed by atoms with E-state index in [4.69, 9.17) is 4.74 Å². The van der Waals surface area contributed by atoms with Crippen molar-refractivity contribution in [2.75, 3.05) is 13.2 Å². The molecule has 0 bridgehead atoms. The Kier molecular flexibility index (Phi) is 7.11. The molecule has 0 saturated carbocycles. The van der Waals surface area contributed by atoms with Gasteiger partial charge in [-0.2, -0.15) is 0 Å². The van der Waals surface area contributed by atoms with E-state index in [0.29, 0.717) is 5.92 Å². The summed E-state index contributed by atoms with van der Waals surface area (Å²) in [4.78, 5) is 0. The number of aryl methyl sites for hydroxylation is 1. The minimum atomic E-state index is 0.191. The molecule has 0 amide bonds. The minimum Gasteiger partial charge on any atom is -0.376 e. The summed E-state index contributed by atoms with van der Waals surface area (Å²) < 4.78 is 5.98. The van der Waals surface area contributed by atoms with Gasteiger partial charge in [-0.05, 0) is 38.3 Å². The summed E-state index contributed by atoms with van der Waals surface area (Å²) in [5.74, 6) is 0.576. The van der Waals surface area contributed by atoms with Gasteiger partial charge in [0.05, 0.1) is 12.1 Å². The minimum absolute atomic E-state index is 0.191. The zero-order valence-corrected chi connectivity index (χ0v) is 13.1. The lowest BCUT2D eigenvalue weighted by Gasteiger charge is -2.26. The van der Waals surface area contributed by atoms with Crippen LogP contribution in [-0.4, -0.2) is 19.3 Å². The van der Waals surface area contributed by atoms with E-state index in [-0.39, 0.29) is 12.1 Å². The molecule has 1 rings (SSSR count). The van der Waals surface area contributed by atoms with Gasteiger partial charge in [0.25, 0.3) is 0 Å². The third-order valence-electron chi connectivity index (χ3n) is 3.21. The second-order valence-electron chi connectivity index (χ2n) is 5.77. The van der Waals surface area contributed by atoms with Crippen molar-refractivity contribution in [1.82, 2.24) is 5.32 Å². The highest BCUT2D eigenvalue weighted by molar-refractivity contribution is 5.24. The van der Waals surface area contributed by atoms with Gasteiger partial charge in [0.2, 0.25) is 0 Å². The van der Waals surface area contributed by atoms with Crippen molar-refractivity contribution in [3.63, 3.8) is 0 Å². The van der Waals surface area contributed by atoms with Crippen LogP contribution < -0.4 is 5.32 Å². The lowest BCUT2D eigenvalue weighted by molar-refractivity contribution is 0.0229. The molecule has 1 N–H and O–H groups in total. The molecule has 1 aromatic carbocycles. The molecule has 2 unspecified atom stereocenters. The third-order valence-corrected chi connectivity index (χ3v) is 3.21. The molecule has 19 heavy (non-hydrogen) atoms. The van der Waals surface area contributed by atoms with Crippen molar-refractivity contribution < 1.29 is 4.74 Å². The summed E-state index contributed by atoms with van der Waals surface area (Å²) in [5.41, 5.74) is 2.61. The topological polar surface area (TPSA) is 21.3 Å². The van der Waals surface area contributed by atoms with Crippen molar-refractivity contribution in [2.45, 2.75) is 53.2 Å². The number of nitrogens with one attached hydrogen (secondary N) is 1. The Morgan fingerprint density at radius 1 is 1.11 bits per heavy atom. The quantitative estimate of drug-likeness (QED) is 0.762. The highest BCUT2D eigenvalue weighted by Gasteiger charge is 2.19. The van der Waals surface area contributed by atoms with E-state index in [2.05, 4.69) is 64.2 Å². The molecule has 0 radical (unpaired) electrons. The van der Waals surface area contributed by atoms with E-state index in [0.717, 1.165) is 19.6 Å². The Balaban J connectivity index is 2.72. The van der Waals surface area contributed by atoms with E-state index < -0.39 is 0 Å². The molecular weight excluding hydrogens is 234 g/mol. The van der Waals surface area contributed by atoms with Crippen LogP contribution in [0.15, 0.2) is 24.3 Å². The van der Waals surface area contributed by atoms with E-state index >= 15 is 0 Å². The lowest BCUT2D eigenvalue weighted by atomic mass is 10.0. The normalized spacial score (nSPS) is 14.6. The molecule has 0 aliphatic rings. The summed E-state index contributed by atoms with van der Waals surface area (Å²) >= 11 is 0. The summed E-state index contributed by atoms with van der Waals surface area (Å²) in [5, 5.41) is 3.60. The van der Waals surface area contributed by atoms with Gasteiger partial charge in [0, 0.05) is 6.61 Å². The Morgan fingerprint density at radius 2 is 1.74 bits per heavy atom. The van der Waals surface area contributed by atoms with Crippen LogP contribution in [0.4, 0.5) is 0 Å². The van der Waals surface area contributed by atoms with Crippen LogP contribution in [0.2, 0.25) is 0 Å². The van der Waals surface area contributed by atoms with Crippen molar-refractivity contribution in [1.29, 1.82) is 0 Å². The molecule has 0 heterocycles. The highest BCUT2D eigenvalue weighted by atomic mass is 16.5. The summed E-state index contributed by atoms with van der Waals surface area (Å²) in [7, 11) is 0. The van der Waals surface area contributed by atoms with Gasteiger partial charge in [0.15, 0.2) is 0 Å². The predicted octanol–water partition coefficient (Wildman–Crippen LogP) is 4.10. The summed E-state index contributed by atoms with van der Waals surface area (Å²) in [6.45, 7) is 12.7. The standard InChI is InChI=1S/C17H29NO/c1-6-11-18-17(15(5)19-12-13(2)3)16-9-7-14(4)8-10-16/h7-10,13,15,17-18H,6,11-12H2,1-5H3. The van der Waals surface area contributed by atoms with E-state index in [9.17, 15) is 0 Å². The Hall–Kier alpha value is -0.860. The third kappa shape index (κ3) is 5.75. The molecule has 108 valence electrons. The molecule has 2 atom stereocenters. The molecule has 0 aliphatic carbocycles. The summed E-state index contributed by atoms with van der Waals surface area (Å²) in [6, 6.07) is 9.03. The van der Waals surface area contributed by atoms with Gasteiger partial charge in [0.1, 0.15) is 0 Å². The molecule has 1 aromatic rings. The van der Waals surface area contributed by atoms with Gasteiger partial charge in [-0.3, -0.25) is 0 Å². The van der Waals surface area contributed by atoms with Gasteiger partial charge in [-0.25, -0.2) is 0 Å². The van der Waals surface area contributed by atoms with Crippen molar-refractivity contribution >= 4 is 0 Å². The molecule has 0 aromatic heterocycles. The fourth-order valence-corrected chi connectivity index (χ4v) is 2.07. The number of rotatable bonds is 8. The SMILES string of the molecule is CCCNC(c1ccc(C)cc1)C(C)OCC(C)C. The number of ether oxygens (including phenoxy) is 1. The largest absolute Gasteiger partial charge is 0.376 e. The zero-order valence-electron chi connectivity index (χ0n) is 13.1. The monoisotopic (exact) mass is 263 g/mol. The molecule has 2 heteroatoms. The van der Waals surface area contributed by atoms with E-state index in [1.165, 1.54) is 11.1 Å². The fourth-order valence-electron chi connectivity index (χ4n) is 2.07. The van der Waals surface area contributed by atoms with Crippen LogP contribution >= 0.6 is 0 Å². The molecule has 0 saturated heterocycles. The Morgan fingerprint density at radius 3 is 2.26 bits per heavy atom. The van der Waals surface area contributed by atoms with Gasteiger partial charge >= 0.3 is 0 Å². The predicted molar refractivity (Wildman–Crippen MR) is 82.5 cm³/mol. The average Bonchev–Trinajstić information content (AvgIpc) is 2.38. The van der Waals surface area contributed by atoms with Crippen LogP contribution in [0.5, 0.6) is 0 Å². The van der Waals surface area contributed by atoms with Crippen molar-refractivity contribution in [2.24, 2.45) is 5.92 Å². The van der Waals surface area contributed by atoms with E-state index in [1.807, 2.05) is 0 Å². The van der Waals surface area contributed by atoms with Crippen molar-refractivity contribution in [3.8, 4) is 0 Å². The average molecular weight is 263 g/mol. The first kappa shape index (κ1) is 16.2. The van der Waals surface area contributed by atoms with E-state index in [1.54, 1.807) is 0 Å². The van der Waals surface area contributed by atoms with Gasteiger partial charge < -0.3 is 10.1 Å². The fraction of sp³-hybridized carbons (Fsp3) is 0.647. The Labute approximate surface area is 118 Å². The molecule has 0 aliphatic heterocycles. The van der Waals surface area contributed by atoms with Crippen LogP contribution in [0.1, 0.15) is 51.3 Å².